The van der Waals surface area contributed by atoms with E-state index in [4.69, 9.17) is 9.98 Å². The molecule has 0 saturated carbocycles. The fourth-order valence-electron chi connectivity index (χ4n) is 11.1. The summed E-state index contributed by atoms with van der Waals surface area (Å²) in [5.74, 6) is 0.823. The van der Waals surface area contributed by atoms with Crippen molar-refractivity contribution in [2.24, 2.45) is 4.99 Å². The molecule has 12 aromatic rings. The lowest BCUT2D eigenvalue weighted by Crippen LogP contribution is -2.31. The lowest BCUT2D eigenvalue weighted by atomic mass is 9.98. The summed E-state index contributed by atoms with van der Waals surface area (Å²) in [6.07, 6.45) is 2.25. The first kappa shape index (κ1) is 41.4. The third kappa shape index (κ3) is 6.93. The van der Waals surface area contributed by atoms with Crippen molar-refractivity contribution in [2.75, 3.05) is 4.90 Å². The Balaban J connectivity index is 0.925. The molecular weight excluding hydrogens is 875 g/mol. The molecule has 2 aromatic heterocycles. The average molecular weight is 920 g/mol. The number of hydrogen-bond donors (Lipinski definition) is 1. The van der Waals surface area contributed by atoms with Crippen molar-refractivity contribution in [2.45, 2.75) is 6.04 Å². The number of pyridine rings is 1. The van der Waals surface area contributed by atoms with Crippen LogP contribution in [0.2, 0.25) is 0 Å². The van der Waals surface area contributed by atoms with Crippen LogP contribution in [0.3, 0.4) is 0 Å². The van der Waals surface area contributed by atoms with Crippen LogP contribution in [0.25, 0.3) is 88.7 Å². The first-order chi connectivity index (χ1) is 35.7. The molecule has 0 radical (unpaired) electrons. The average Bonchev–Trinajstić information content (AvgIpc) is 3.74. The number of anilines is 3. The van der Waals surface area contributed by atoms with Gasteiger partial charge in [0.25, 0.3) is 0 Å². The molecule has 5 nitrogen and oxygen atoms in total. The fourth-order valence-corrected chi connectivity index (χ4v) is 11.1. The number of nitrogens with zero attached hydrogens (tertiary/aromatic N) is 4. The molecule has 4 heterocycles. The predicted octanol–water partition coefficient (Wildman–Crippen LogP) is 16.9. The molecule has 0 aliphatic carbocycles. The smallest absolute Gasteiger partial charge is 0.134 e. The van der Waals surface area contributed by atoms with Gasteiger partial charge in [-0.25, -0.2) is 9.98 Å². The van der Waals surface area contributed by atoms with Crippen LogP contribution in [-0.2, 0) is 0 Å². The zero-order valence-corrected chi connectivity index (χ0v) is 39.2. The quantitative estimate of drug-likeness (QED) is 0.162. The number of para-hydroxylation sites is 4. The van der Waals surface area contributed by atoms with Crippen LogP contribution in [0.5, 0.6) is 0 Å². The molecule has 0 amide bonds. The highest BCUT2D eigenvalue weighted by Crippen LogP contribution is 2.54. The second-order valence-electron chi connectivity index (χ2n) is 18.6. The van der Waals surface area contributed by atoms with Gasteiger partial charge >= 0.3 is 0 Å². The summed E-state index contributed by atoms with van der Waals surface area (Å²) in [5.41, 5.74) is 19.6. The van der Waals surface area contributed by atoms with Crippen LogP contribution in [-0.4, -0.2) is 15.4 Å². The SMILES string of the molecule is C1=C(c2ccc(-c3ccccc3)cc2)N=C(c2cccc(-n3c4c(c5ccccc53)-c3ccccc3N(c3cccc(-c5nc6ccccc6c6ccccc56)c3)c3ccccc3-4)c2)NC1c1ccccc1. The second-order valence-corrected chi connectivity index (χ2v) is 18.6. The molecule has 0 fully saturated rings. The third-order valence-electron chi connectivity index (χ3n) is 14.3. The van der Waals surface area contributed by atoms with E-state index in [2.05, 4.69) is 276 Å². The maximum Gasteiger partial charge on any atom is 0.134 e. The molecular formula is C67H45N5. The van der Waals surface area contributed by atoms with Crippen molar-refractivity contribution < 1.29 is 0 Å². The van der Waals surface area contributed by atoms with E-state index in [1.54, 1.807) is 0 Å². The van der Waals surface area contributed by atoms with Gasteiger partial charge in [0.2, 0.25) is 0 Å². The molecule has 5 heteroatoms. The third-order valence-corrected chi connectivity index (χ3v) is 14.3. The molecule has 1 N–H and O–H groups in total. The van der Waals surface area contributed by atoms with E-state index >= 15 is 0 Å². The van der Waals surface area contributed by atoms with E-state index in [-0.39, 0.29) is 6.04 Å². The van der Waals surface area contributed by atoms with Crippen LogP contribution < -0.4 is 10.2 Å². The Hall–Kier alpha value is -9.58. The predicted molar refractivity (Wildman–Crippen MR) is 299 cm³/mol. The summed E-state index contributed by atoms with van der Waals surface area (Å²) in [7, 11) is 0. The van der Waals surface area contributed by atoms with E-state index in [1.807, 2.05) is 0 Å². The Morgan fingerprint density at radius 1 is 0.403 bits per heavy atom. The minimum atomic E-state index is -0.0848. The van der Waals surface area contributed by atoms with Crippen LogP contribution in [0, 0.1) is 0 Å². The Kier molecular flexibility index (Phi) is 9.85. The molecule has 0 saturated heterocycles. The van der Waals surface area contributed by atoms with Gasteiger partial charge in [-0.1, -0.05) is 206 Å². The number of aromatic nitrogens is 2. The number of fused-ring (bicyclic) bond motifs is 10. The van der Waals surface area contributed by atoms with Crippen LogP contribution >= 0.6 is 0 Å². The topological polar surface area (TPSA) is 45.5 Å². The number of hydrogen-bond acceptors (Lipinski definition) is 4. The molecule has 0 bridgehead atoms. The van der Waals surface area contributed by atoms with E-state index in [0.29, 0.717) is 0 Å². The molecule has 338 valence electrons. The van der Waals surface area contributed by atoms with Gasteiger partial charge in [-0.15, -0.1) is 0 Å². The van der Waals surface area contributed by atoms with Gasteiger partial charge < -0.3 is 14.8 Å². The van der Waals surface area contributed by atoms with Gasteiger partial charge in [0.15, 0.2) is 0 Å². The van der Waals surface area contributed by atoms with E-state index in [1.165, 1.54) is 33.0 Å². The first-order valence-corrected chi connectivity index (χ1v) is 24.6. The highest BCUT2D eigenvalue weighted by molar-refractivity contribution is 6.14. The normalized spacial score (nSPS) is 13.9. The molecule has 10 aromatic carbocycles. The standard InChI is InChI=1S/C67H45N5/c1-3-19-44(20-4-1)45-37-39-47(40-38-45)60-43-59(46-21-5-2-6-22-46)69-67(70-60)49-24-18-26-51(42-49)72-62-35-15-11-31-56(62)64-55-30-10-14-34-61(55)71(63-36-16-12-32-57(63)66(64)72)50-25-17-23-48(41-50)65-54-29-8-7-27-52(54)53-28-9-13-33-58(53)68-65/h1-43,59H,(H,69,70). The monoisotopic (exact) mass is 919 g/mol. The summed E-state index contributed by atoms with van der Waals surface area (Å²) in [4.78, 5) is 13.2. The van der Waals surface area contributed by atoms with Crippen molar-refractivity contribution in [1.82, 2.24) is 14.9 Å². The van der Waals surface area contributed by atoms with Crippen molar-refractivity contribution in [3.8, 4) is 50.5 Å². The molecule has 1 unspecified atom stereocenters. The van der Waals surface area contributed by atoms with Gasteiger partial charge in [0.1, 0.15) is 5.84 Å². The lowest BCUT2D eigenvalue weighted by Gasteiger charge is -2.28. The molecule has 0 spiro atoms. The number of benzene rings is 10. The number of amidine groups is 1. The maximum atomic E-state index is 5.40. The van der Waals surface area contributed by atoms with E-state index in [0.717, 1.165) is 95.3 Å². The molecule has 2 aliphatic heterocycles. The summed E-state index contributed by atoms with van der Waals surface area (Å²) in [6.45, 7) is 0. The summed E-state index contributed by atoms with van der Waals surface area (Å²) in [6, 6.07) is 91.3. The number of rotatable bonds is 7. The van der Waals surface area contributed by atoms with Gasteiger partial charge in [0, 0.05) is 55.4 Å². The molecule has 1 atom stereocenters. The Morgan fingerprint density at radius 2 is 0.972 bits per heavy atom. The maximum absolute atomic E-state index is 5.40. The minimum absolute atomic E-state index is 0.0848. The van der Waals surface area contributed by atoms with Crippen LogP contribution in [0.4, 0.5) is 17.1 Å². The number of aliphatic imine (C=N–C) groups is 1. The molecule has 2 aliphatic rings. The zero-order valence-electron chi connectivity index (χ0n) is 39.2. The molecule has 14 rings (SSSR count). The van der Waals surface area contributed by atoms with Gasteiger partial charge in [0.05, 0.1) is 45.5 Å². The summed E-state index contributed by atoms with van der Waals surface area (Å²) < 4.78 is 2.46. The highest BCUT2D eigenvalue weighted by atomic mass is 15.2. The highest BCUT2D eigenvalue weighted by Gasteiger charge is 2.32. The van der Waals surface area contributed by atoms with E-state index in [9.17, 15) is 0 Å². The van der Waals surface area contributed by atoms with Crippen molar-refractivity contribution in [3.63, 3.8) is 0 Å². The van der Waals surface area contributed by atoms with Crippen LogP contribution in [0.15, 0.2) is 266 Å². The van der Waals surface area contributed by atoms with Crippen molar-refractivity contribution >= 4 is 61.2 Å². The van der Waals surface area contributed by atoms with Gasteiger partial charge in [-0.05, 0) is 82.2 Å². The second kappa shape index (κ2) is 17.1. The Bertz CT molecular complexity index is 4130. The molecule has 72 heavy (non-hydrogen) atoms. The zero-order chi connectivity index (χ0) is 47.5. The first-order valence-electron chi connectivity index (χ1n) is 24.6. The van der Waals surface area contributed by atoms with Crippen LogP contribution in [0.1, 0.15) is 22.7 Å². The summed E-state index contributed by atoms with van der Waals surface area (Å²) in [5, 5.41) is 8.52. The lowest BCUT2D eigenvalue weighted by molar-refractivity contribution is 0.781. The van der Waals surface area contributed by atoms with Gasteiger partial charge in [-0.2, -0.15) is 0 Å². The number of nitrogens with one attached hydrogen (secondary N) is 1. The Morgan fingerprint density at radius 3 is 1.78 bits per heavy atom. The van der Waals surface area contributed by atoms with Crippen molar-refractivity contribution in [3.05, 3.63) is 278 Å². The van der Waals surface area contributed by atoms with E-state index < -0.39 is 0 Å². The largest absolute Gasteiger partial charge is 0.359 e. The van der Waals surface area contributed by atoms with Crippen molar-refractivity contribution in [1.29, 1.82) is 0 Å². The van der Waals surface area contributed by atoms with Gasteiger partial charge in [-0.3, -0.25) is 0 Å². The fraction of sp³-hybridized carbons (Fsp3) is 0.0149. The minimum Gasteiger partial charge on any atom is -0.359 e. The summed E-state index contributed by atoms with van der Waals surface area (Å²) >= 11 is 0. The Labute approximate surface area is 418 Å².